The van der Waals surface area contributed by atoms with Gasteiger partial charge in [-0.15, -0.1) is 0 Å². The Morgan fingerprint density at radius 3 is 3.04 bits per heavy atom. The molecule has 0 bridgehead atoms. The summed E-state index contributed by atoms with van der Waals surface area (Å²) in [4.78, 5) is 16.0. The maximum absolute atomic E-state index is 6.09. The Morgan fingerprint density at radius 2 is 2.24 bits per heavy atom. The van der Waals surface area contributed by atoms with E-state index in [1.807, 2.05) is 28.4 Å². The normalized spacial score (nSPS) is 18.0. The molecule has 1 aliphatic rings. The number of hydrogen-bond donors (Lipinski definition) is 1. The highest BCUT2D eigenvalue weighted by Gasteiger charge is 2.22. The molecule has 0 spiro atoms. The van der Waals surface area contributed by atoms with Gasteiger partial charge in [-0.2, -0.15) is 0 Å². The van der Waals surface area contributed by atoms with Crippen LogP contribution >= 0.6 is 30.3 Å². The molecule has 0 aromatic carbocycles. The molecule has 1 fully saturated rings. The molecule has 25 heavy (non-hydrogen) atoms. The van der Waals surface area contributed by atoms with E-state index in [4.69, 9.17) is 15.5 Å². The van der Waals surface area contributed by atoms with Gasteiger partial charge in [0, 0.05) is 66.3 Å². The van der Waals surface area contributed by atoms with Crippen LogP contribution in [0.15, 0.2) is 30.6 Å². The Hall–Kier alpha value is -1.59. The summed E-state index contributed by atoms with van der Waals surface area (Å²) >= 11 is 2.24. The maximum Gasteiger partial charge on any atom is 0.164 e. The minimum atomic E-state index is 0.255. The molecular weight excluding hydrogens is 451 g/mol. The predicted molar refractivity (Wildman–Crippen MR) is 110 cm³/mol. The van der Waals surface area contributed by atoms with Crippen molar-refractivity contribution >= 4 is 53.0 Å². The van der Waals surface area contributed by atoms with E-state index in [-0.39, 0.29) is 6.04 Å². The van der Waals surface area contributed by atoms with Crippen molar-refractivity contribution in [3.05, 3.63) is 30.6 Å². The highest BCUT2D eigenvalue weighted by atomic mass is 127. The summed E-state index contributed by atoms with van der Waals surface area (Å²) in [5.41, 5.74) is 7.92. The van der Waals surface area contributed by atoms with Gasteiger partial charge in [0.05, 0.1) is 19.3 Å². The summed E-state index contributed by atoms with van der Waals surface area (Å²) < 4.78 is 7.53. The van der Waals surface area contributed by atoms with E-state index < -0.39 is 0 Å². The van der Waals surface area contributed by atoms with E-state index in [0.29, 0.717) is 24.9 Å². The van der Waals surface area contributed by atoms with Crippen molar-refractivity contribution in [2.24, 2.45) is 0 Å². The number of hydrogen-bond acceptors (Lipinski definition) is 7. The third kappa shape index (κ3) is 3.15. The zero-order valence-electron chi connectivity index (χ0n) is 13.6. The quantitative estimate of drug-likeness (QED) is 0.592. The molecular formula is C16H17IN6OS. The van der Waals surface area contributed by atoms with Crippen molar-refractivity contribution in [2.45, 2.75) is 13.0 Å². The number of nitrogen functional groups attached to an aromatic ring is 1. The maximum atomic E-state index is 6.09. The predicted octanol–water partition coefficient (Wildman–Crippen LogP) is 3.15. The third-order valence-corrected chi connectivity index (χ3v) is 5.98. The number of morpholine rings is 1. The molecule has 1 aliphatic heterocycles. The fourth-order valence-corrected chi connectivity index (χ4v) is 4.32. The van der Waals surface area contributed by atoms with Gasteiger partial charge in [-0.3, -0.25) is 3.97 Å². The van der Waals surface area contributed by atoms with Crippen molar-refractivity contribution in [3.63, 3.8) is 0 Å². The van der Waals surface area contributed by atoms with E-state index in [9.17, 15) is 0 Å². The molecule has 0 radical (unpaired) electrons. The van der Waals surface area contributed by atoms with Crippen LogP contribution in [0, 0.1) is 0 Å². The zero-order valence-corrected chi connectivity index (χ0v) is 16.6. The van der Waals surface area contributed by atoms with E-state index >= 15 is 0 Å². The van der Waals surface area contributed by atoms with Gasteiger partial charge in [0.25, 0.3) is 0 Å². The number of rotatable bonds is 3. The Balaban J connectivity index is 1.82. The van der Waals surface area contributed by atoms with E-state index in [1.165, 1.54) is 0 Å². The molecule has 0 aliphatic carbocycles. The third-order valence-electron chi connectivity index (χ3n) is 4.26. The van der Waals surface area contributed by atoms with Crippen molar-refractivity contribution in [2.75, 3.05) is 30.4 Å². The van der Waals surface area contributed by atoms with Gasteiger partial charge in [0.2, 0.25) is 0 Å². The largest absolute Gasteiger partial charge is 0.384 e. The van der Waals surface area contributed by atoms with Gasteiger partial charge < -0.3 is 15.4 Å². The summed E-state index contributed by atoms with van der Waals surface area (Å²) in [5.74, 6) is 1.93. The van der Waals surface area contributed by atoms with Gasteiger partial charge in [-0.1, -0.05) is 0 Å². The molecule has 1 unspecified atom stereocenters. The number of fused-ring (bicyclic) bond motifs is 1. The Labute approximate surface area is 161 Å². The average molecular weight is 468 g/mol. The number of nitrogens with zero attached hydrogens (tertiary/aromatic N) is 5. The molecule has 4 rings (SSSR count). The molecule has 4 heterocycles. The van der Waals surface area contributed by atoms with Crippen LogP contribution in [0.2, 0.25) is 0 Å². The molecule has 1 saturated heterocycles. The van der Waals surface area contributed by atoms with Crippen molar-refractivity contribution in [3.8, 4) is 11.4 Å². The molecule has 1 atom stereocenters. The Morgan fingerprint density at radius 1 is 1.36 bits per heavy atom. The smallest absolute Gasteiger partial charge is 0.164 e. The summed E-state index contributed by atoms with van der Waals surface area (Å²) in [5, 5.41) is 1.01. The molecule has 3 aromatic heterocycles. The van der Waals surface area contributed by atoms with Gasteiger partial charge in [-0.05, 0) is 19.1 Å². The standard InChI is InChI=1S/C16H17IN6OS/c1-10-9-24-7-6-22(10)14-8-13(18)20-15(21-14)11-2-4-19-16-12(11)3-5-23(16)25-17/h2-5,8,10H,6-7,9H2,1H3,(H2,18,20,21). The van der Waals surface area contributed by atoms with Crippen molar-refractivity contribution in [1.29, 1.82) is 0 Å². The van der Waals surface area contributed by atoms with Gasteiger partial charge in [-0.25, -0.2) is 15.0 Å². The summed E-state index contributed by atoms with van der Waals surface area (Å²) in [6.45, 7) is 4.30. The number of nitrogens with two attached hydrogens (primary N) is 1. The first-order valence-electron chi connectivity index (χ1n) is 7.92. The first-order valence-corrected chi connectivity index (χ1v) is 11.2. The fraction of sp³-hybridized carbons (Fsp3) is 0.312. The van der Waals surface area contributed by atoms with Crippen LogP contribution in [0.3, 0.4) is 0 Å². The molecule has 130 valence electrons. The minimum absolute atomic E-state index is 0.255. The van der Waals surface area contributed by atoms with Crippen LogP contribution in [0.5, 0.6) is 0 Å². The van der Waals surface area contributed by atoms with E-state index in [2.05, 4.69) is 43.0 Å². The highest BCUT2D eigenvalue weighted by Crippen LogP contribution is 2.31. The van der Waals surface area contributed by atoms with Crippen molar-refractivity contribution < 1.29 is 4.74 Å². The second-order valence-corrected chi connectivity index (χ2v) is 7.61. The number of pyridine rings is 1. The van der Waals surface area contributed by atoms with E-state index in [0.717, 1.165) is 29.0 Å². The van der Waals surface area contributed by atoms with Crippen LogP contribution in [0.25, 0.3) is 22.4 Å². The van der Waals surface area contributed by atoms with Crippen LogP contribution in [-0.4, -0.2) is 44.7 Å². The van der Waals surface area contributed by atoms with Crippen LogP contribution in [0.4, 0.5) is 11.6 Å². The second kappa shape index (κ2) is 6.96. The van der Waals surface area contributed by atoms with Crippen molar-refractivity contribution in [1.82, 2.24) is 18.9 Å². The van der Waals surface area contributed by atoms with E-state index in [1.54, 1.807) is 15.3 Å². The minimum Gasteiger partial charge on any atom is -0.384 e. The summed E-state index contributed by atoms with van der Waals surface area (Å²) in [6, 6.07) is 6.05. The first-order chi connectivity index (χ1) is 12.2. The molecule has 2 N–H and O–H groups in total. The lowest BCUT2D eigenvalue weighted by Gasteiger charge is -2.34. The number of halogens is 1. The lowest BCUT2D eigenvalue weighted by molar-refractivity contribution is 0.0985. The fourth-order valence-electron chi connectivity index (χ4n) is 3.05. The van der Waals surface area contributed by atoms with Gasteiger partial charge >= 0.3 is 0 Å². The SMILES string of the molecule is CC1COCCN1c1cc(N)nc(-c2ccnc3c2ccn3SI)n1. The monoisotopic (exact) mass is 468 g/mol. The van der Waals surface area contributed by atoms with Crippen LogP contribution in [-0.2, 0) is 4.74 Å². The average Bonchev–Trinajstić information content (AvgIpc) is 3.04. The number of aromatic nitrogens is 4. The van der Waals surface area contributed by atoms with Crippen LogP contribution in [0.1, 0.15) is 6.92 Å². The zero-order chi connectivity index (χ0) is 17.4. The lowest BCUT2D eigenvalue weighted by atomic mass is 10.1. The number of ether oxygens (including phenoxy) is 1. The molecule has 3 aromatic rings. The lowest BCUT2D eigenvalue weighted by Crippen LogP contribution is -2.44. The van der Waals surface area contributed by atoms with Gasteiger partial charge in [0.15, 0.2) is 11.5 Å². The Kier molecular flexibility index (Phi) is 4.69. The number of anilines is 2. The topological polar surface area (TPSA) is 82.1 Å². The molecule has 0 saturated carbocycles. The summed E-state index contributed by atoms with van der Waals surface area (Å²) in [7, 11) is 1.57. The summed E-state index contributed by atoms with van der Waals surface area (Å²) in [6.07, 6.45) is 3.78. The Bertz CT molecular complexity index is 917. The molecule has 7 nitrogen and oxygen atoms in total. The molecule has 9 heteroatoms. The first kappa shape index (κ1) is 16.9. The molecule has 0 amide bonds. The van der Waals surface area contributed by atoms with Gasteiger partial charge in [0.1, 0.15) is 11.6 Å². The van der Waals surface area contributed by atoms with Crippen LogP contribution < -0.4 is 10.6 Å². The second-order valence-electron chi connectivity index (χ2n) is 5.90. The highest BCUT2D eigenvalue weighted by molar-refractivity contribution is 14.2.